The van der Waals surface area contributed by atoms with Gasteiger partial charge in [-0.1, -0.05) is 37.3 Å². The first-order valence-electron chi connectivity index (χ1n) is 7.28. The lowest BCUT2D eigenvalue weighted by atomic mass is 10.1. The molecule has 22 heavy (non-hydrogen) atoms. The second-order valence-corrected chi connectivity index (χ2v) is 5.26. The van der Waals surface area contributed by atoms with Crippen LogP contribution in [0.25, 0.3) is 16.5 Å². The molecule has 2 N–H and O–H groups in total. The largest absolute Gasteiger partial charge is 0.323 e. The third-order valence-electron chi connectivity index (χ3n) is 3.86. The number of benzene rings is 2. The van der Waals surface area contributed by atoms with E-state index in [0.717, 1.165) is 0 Å². The van der Waals surface area contributed by atoms with Crippen molar-refractivity contribution < 1.29 is 4.39 Å². The lowest BCUT2D eigenvalue weighted by Crippen LogP contribution is -2.27. The quantitative estimate of drug-likeness (QED) is 0.803. The minimum absolute atomic E-state index is 0.0957. The maximum absolute atomic E-state index is 14.1. The molecule has 0 aliphatic carbocycles. The molecule has 3 aromatic rings. The van der Waals surface area contributed by atoms with Gasteiger partial charge in [0.2, 0.25) is 0 Å². The molecular formula is C18H17FN2O. The Morgan fingerprint density at radius 3 is 2.55 bits per heavy atom. The summed E-state index contributed by atoms with van der Waals surface area (Å²) in [6.45, 7) is 1.96. The second kappa shape index (κ2) is 5.73. The van der Waals surface area contributed by atoms with Crippen LogP contribution in [-0.4, -0.2) is 4.57 Å². The van der Waals surface area contributed by atoms with Crippen molar-refractivity contribution in [3.63, 3.8) is 0 Å². The van der Waals surface area contributed by atoms with Crippen LogP contribution in [0, 0.1) is 5.82 Å². The van der Waals surface area contributed by atoms with Gasteiger partial charge in [0.05, 0.1) is 5.39 Å². The van der Waals surface area contributed by atoms with E-state index in [1.807, 2.05) is 37.3 Å². The van der Waals surface area contributed by atoms with Gasteiger partial charge in [0.15, 0.2) is 0 Å². The summed E-state index contributed by atoms with van der Waals surface area (Å²) in [5.41, 5.74) is 7.19. The van der Waals surface area contributed by atoms with Gasteiger partial charge in [0, 0.05) is 17.4 Å². The summed E-state index contributed by atoms with van der Waals surface area (Å²) < 4.78 is 15.6. The van der Waals surface area contributed by atoms with Gasteiger partial charge in [0.1, 0.15) is 5.82 Å². The molecule has 2 aromatic carbocycles. The summed E-state index contributed by atoms with van der Waals surface area (Å²) in [4.78, 5) is 12.9. The van der Waals surface area contributed by atoms with E-state index in [9.17, 15) is 9.18 Å². The molecule has 0 radical (unpaired) electrons. The van der Waals surface area contributed by atoms with Gasteiger partial charge in [0.25, 0.3) is 5.56 Å². The number of pyridine rings is 1. The first kappa shape index (κ1) is 14.5. The molecule has 0 spiro atoms. The monoisotopic (exact) mass is 296 g/mol. The van der Waals surface area contributed by atoms with Gasteiger partial charge in [-0.3, -0.25) is 9.36 Å². The predicted molar refractivity (Wildman–Crippen MR) is 86.7 cm³/mol. The lowest BCUT2D eigenvalue weighted by molar-refractivity contribution is 0.631. The second-order valence-electron chi connectivity index (χ2n) is 5.26. The first-order chi connectivity index (χ1) is 10.6. The fourth-order valence-corrected chi connectivity index (χ4v) is 2.67. The maximum atomic E-state index is 14.1. The third-order valence-corrected chi connectivity index (χ3v) is 3.86. The molecule has 1 aromatic heterocycles. The number of aromatic nitrogens is 1. The molecule has 1 unspecified atom stereocenters. The zero-order valence-corrected chi connectivity index (χ0v) is 12.3. The summed E-state index contributed by atoms with van der Waals surface area (Å²) >= 11 is 0. The average Bonchev–Trinajstić information content (AvgIpc) is 2.54. The highest BCUT2D eigenvalue weighted by molar-refractivity contribution is 5.83. The van der Waals surface area contributed by atoms with Gasteiger partial charge in [-0.2, -0.15) is 0 Å². The molecule has 3 nitrogen and oxygen atoms in total. The van der Waals surface area contributed by atoms with Crippen molar-refractivity contribution in [2.75, 3.05) is 0 Å². The van der Waals surface area contributed by atoms with Crippen LogP contribution in [0.15, 0.2) is 59.4 Å². The third kappa shape index (κ3) is 2.31. The number of halogens is 1. The summed E-state index contributed by atoms with van der Waals surface area (Å²) in [7, 11) is 0. The van der Waals surface area contributed by atoms with Crippen molar-refractivity contribution in [1.29, 1.82) is 0 Å². The van der Waals surface area contributed by atoms with E-state index in [0.29, 0.717) is 23.2 Å². The van der Waals surface area contributed by atoms with Crippen LogP contribution < -0.4 is 11.3 Å². The van der Waals surface area contributed by atoms with Crippen molar-refractivity contribution in [3.8, 4) is 5.69 Å². The molecular weight excluding hydrogens is 279 g/mol. The van der Waals surface area contributed by atoms with Crippen LogP contribution in [0.5, 0.6) is 0 Å². The van der Waals surface area contributed by atoms with Gasteiger partial charge < -0.3 is 5.73 Å². The van der Waals surface area contributed by atoms with E-state index < -0.39 is 5.82 Å². The predicted octanol–water partition coefficient (Wildman–Crippen LogP) is 3.54. The highest BCUT2D eigenvalue weighted by Crippen LogP contribution is 2.22. The molecule has 1 heterocycles. The van der Waals surface area contributed by atoms with Crippen LogP contribution >= 0.6 is 0 Å². The topological polar surface area (TPSA) is 48.0 Å². The molecule has 0 bridgehead atoms. The van der Waals surface area contributed by atoms with Crippen molar-refractivity contribution in [3.05, 3.63) is 76.5 Å². The minimum atomic E-state index is -0.510. The summed E-state index contributed by atoms with van der Waals surface area (Å²) in [6.07, 6.45) is 0.688. The fourth-order valence-electron chi connectivity index (χ4n) is 2.67. The molecule has 3 rings (SSSR count). The highest BCUT2D eigenvalue weighted by Gasteiger charge is 2.17. The Labute approximate surface area is 127 Å². The minimum Gasteiger partial charge on any atom is -0.323 e. The maximum Gasteiger partial charge on any atom is 0.266 e. The van der Waals surface area contributed by atoms with E-state index >= 15 is 0 Å². The Kier molecular flexibility index (Phi) is 3.77. The van der Waals surface area contributed by atoms with E-state index in [-0.39, 0.29) is 17.0 Å². The molecule has 4 heteroatoms. The molecule has 1 atom stereocenters. The number of hydrogen-bond acceptors (Lipinski definition) is 2. The summed E-state index contributed by atoms with van der Waals surface area (Å²) in [5.74, 6) is -0.510. The van der Waals surface area contributed by atoms with Crippen LogP contribution in [0.3, 0.4) is 0 Å². The Hall–Kier alpha value is -2.46. The zero-order valence-electron chi connectivity index (χ0n) is 12.3. The number of nitrogens with two attached hydrogens (primary N) is 1. The van der Waals surface area contributed by atoms with E-state index in [4.69, 9.17) is 5.73 Å². The Bertz CT molecular complexity index is 871. The fraction of sp³-hybridized carbons (Fsp3) is 0.167. The summed E-state index contributed by atoms with van der Waals surface area (Å²) in [5, 5.41) is 0.675. The molecule has 0 aliphatic rings. The van der Waals surface area contributed by atoms with E-state index in [2.05, 4.69) is 0 Å². The van der Waals surface area contributed by atoms with Crippen LogP contribution in [0.4, 0.5) is 4.39 Å². The van der Waals surface area contributed by atoms with Crippen LogP contribution in [-0.2, 0) is 0 Å². The van der Waals surface area contributed by atoms with Crippen molar-refractivity contribution in [1.82, 2.24) is 4.57 Å². The van der Waals surface area contributed by atoms with Crippen LogP contribution in [0.2, 0.25) is 0 Å². The SMILES string of the molecule is CCC(N)c1cc2cccc(F)c2c(=O)n1-c1ccccc1. The highest BCUT2D eigenvalue weighted by atomic mass is 19.1. The van der Waals surface area contributed by atoms with Crippen molar-refractivity contribution >= 4 is 10.8 Å². The van der Waals surface area contributed by atoms with Gasteiger partial charge in [-0.25, -0.2) is 4.39 Å². The number of para-hydroxylation sites is 1. The Morgan fingerprint density at radius 1 is 1.14 bits per heavy atom. The van der Waals surface area contributed by atoms with E-state index in [1.54, 1.807) is 18.2 Å². The average molecular weight is 296 g/mol. The number of nitrogens with zero attached hydrogens (tertiary/aromatic N) is 1. The van der Waals surface area contributed by atoms with E-state index in [1.165, 1.54) is 10.6 Å². The normalized spacial score (nSPS) is 12.5. The molecule has 0 fully saturated rings. The zero-order chi connectivity index (χ0) is 15.7. The molecule has 112 valence electrons. The van der Waals surface area contributed by atoms with Gasteiger partial charge in [-0.15, -0.1) is 0 Å². The van der Waals surface area contributed by atoms with Crippen molar-refractivity contribution in [2.45, 2.75) is 19.4 Å². The number of hydrogen-bond donors (Lipinski definition) is 1. The van der Waals surface area contributed by atoms with Crippen molar-refractivity contribution in [2.24, 2.45) is 5.73 Å². The molecule has 0 amide bonds. The molecule has 0 aliphatic heterocycles. The first-order valence-corrected chi connectivity index (χ1v) is 7.28. The van der Waals surface area contributed by atoms with Gasteiger partial charge >= 0.3 is 0 Å². The molecule has 0 saturated carbocycles. The Balaban J connectivity index is 2.44. The number of rotatable bonds is 3. The van der Waals surface area contributed by atoms with Gasteiger partial charge in [-0.05, 0) is 36.1 Å². The smallest absolute Gasteiger partial charge is 0.266 e. The summed E-state index contributed by atoms with van der Waals surface area (Å²) in [6, 6.07) is 15.4. The molecule has 0 saturated heterocycles. The standard InChI is InChI=1S/C18H17FN2O/c1-2-15(20)16-11-12-7-6-10-14(19)17(12)18(22)21(16)13-8-4-3-5-9-13/h3-11,15H,2,20H2,1H3. The Morgan fingerprint density at radius 2 is 1.86 bits per heavy atom. The lowest BCUT2D eigenvalue weighted by Gasteiger charge is -2.19. The number of fused-ring (bicyclic) bond motifs is 1. The van der Waals surface area contributed by atoms with Crippen LogP contribution in [0.1, 0.15) is 25.1 Å².